The van der Waals surface area contributed by atoms with E-state index in [4.69, 9.17) is 5.11 Å². The second-order valence-corrected chi connectivity index (χ2v) is 2.93. The second-order valence-electron chi connectivity index (χ2n) is 2.93. The minimum atomic E-state index is -1.85. The van der Waals surface area contributed by atoms with Gasteiger partial charge in [0.2, 0.25) is 0 Å². The number of rotatable bonds is 3. The summed E-state index contributed by atoms with van der Waals surface area (Å²) in [7, 11) is 0. The van der Waals surface area contributed by atoms with Crippen LogP contribution in [0.1, 0.15) is 17.3 Å². The van der Waals surface area contributed by atoms with E-state index in [1.165, 1.54) is 6.92 Å². The van der Waals surface area contributed by atoms with E-state index in [0.29, 0.717) is 0 Å². The van der Waals surface area contributed by atoms with Crippen LogP contribution in [0.5, 0.6) is 5.75 Å². The molecule has 0 aliphatic carbocycles. The molecular weight excluding hydrogens is 241 g/mol. The number of ketones is 1. The van der Waals surface area contributed by atoms with Gasteiger partial charge in [0.05, 0.1) is 6.61 Å². The lowest BCUT2D eigenvalue weighted by Crippen LogP contribution is -2.21. The van der Waals surface area contributed by atoms with Gasteiger partial charge >= 0.3 is 5.97 Å². The van der Waals surface area contributed by atoms with E-state index in [1.54, 1.807) is 0 Å². The average Bonchev–Trinajstić information content (AvgIpc) is 2.27. The molecular formula is C10H7F3O4. The Hall–Kier alpha value is -2.05. The van der Waals surface area contributed by atoms with Gasteiger partial charge in [0, 0.05) is 6.07 Å². The van der Waals surface area contributed by atoms with Crippen molar-refractivity contribution in [3.63, 3.8) is 0 Å². The summed E-state index contributed by atoms with van der Waals surface area (Å²) in [5, 5.41) is 8.88. The molecule has 17 heavy (non-hydrogen) atoms. The number of esters is 1. The number of aromatic hydroxyl groups is 1. The molecule has 1 N–H and O–H groups in total. The summed E-state index contributed by atoms with van der Waals surface area (Å²) >= 11 is 0. The maximum atomic E-state index is 13.2. The maximum Gasteiger partial charge on any atom is 0.379 e. The minimum absolute atomic E-state index is 0.159. The normalized spacial score (nSPS) is 10.1. The summed E-state index contributed by atoms with van der Waals surface area (Å²) in [5.41, 5.74) is -1.47. The first-order chi connectivity index (χ1) is 7.90. The number of benzene rings is 1. The first-order valence-corrected chi connectivity index (χ1v) is 4.48. The number of halogens is 3. The zero-order chi connectivity index (χ0) is 13.2. The second kappa shape index (κ2) is 4.86. The summed E-state index contributed by atoms with van der Waals surface area (Å²) in [5.74, 6) is -9.69. The molecule has 0 atom stereocenters. The monoisotopic (exact) mass is 248 g/mol. The van der Waals surface area contributed by atoms with E-state index in [2.05, 4.69) is 4.74 Å². The third-order valence-corrected chi connectivity index (χ3v) is 1.82. The molecule has 0 aliphatic heterocycles. The number of carbonyl (C=O) groups is 2. The molecule has 0 aromatic heterocycles. The first kappa shape index (κ1) is 13.0. The van der Waals surface area contributed by atoms with Crippen LogP contribution in [0.3, 0.4) is 0 Å². The lowest BCUT2D eigenvalue weighted by molar-refractivity contribution is -0.137. The van der Waals surface area contributed by atoms with Gasteiger partial charge < -0.3 is 9.84 Å². The van der Waals surface area contributed by atoms with Gasteiger partial charge in [0.1, 0.15) is 5.56 Å². The van der Waals surface area contributed by atoms with Crippen LogP contribution in [0.15, 0.2) is 6.07 Å². The predicted molar refractivity (Wildman–Crippen MR) is 48.9 cm³/mol. The first-order valence-electron chi connectivity index (χ1n) is 4.48. The van der Waals surface area contributed by atoms with Crippen LogP contribution in [-0.4, -0.2) is 23.5 Å². The molecule has 0 aliphatic rings. The molecule has 4 nitrogen and oxygen atoms in total. The Morgan fingerprint density at radius 2 is 1.88 bits per heavy atom. The Kier molecular flexibility index (Phi) is 3.72. The highest BCUT2D eigenvalue weighted by Crippen LogP contribution is 2.25. The Morgan fingerprint density at radius 1 is 1.29 bits per heavy atom. The fourth-order valence-corrected chi connectivity index (χ4v) is 1.09. The van der Waals surface area contributed by atoms with E-state index in [-0.39, 0.29) is 12.7 Å². The lowest BCUT2D eigenvalue weighted by atomic mass is 10.1. The molecule has 0 bridgehead atoms. The molecule has 1 aromatic carbocycles. The third kappa shape index (κ3) is 2.38. The summed E-state index contributed by atoms with van der Waals surface area (Å²) in [6.45, 7) is 1.19. The number of Topliss-reactive ketones (excluding diaryl/α,β-unsaturated/α-hetero) is 1. The third-order valence-electron chi connectivity index (χ3n) is 1.82. The molecule has 0 unspecified atom stereocenters. The van der Waals surface area contributed by atoms with Crippen molar-refractivity contribution in [1.29, 1.82) is 0 Å². The van der Waals surface area contributed by atoms with Gasteiger partial charge in [0.25, 0.3) is 5.78 Å². The number of carbonyl (C=O) groups excluding carboxylic acids is 2. The molecule has 1 aromatic rings. The number of phenolic OH excluding ortho intramolecular Hbond substituents is 1. The van der Waals surface area contributed by atoms with Gasteiger partial charge in [-0.3, -0.25) is 4.79 Å². The van der Waals surface area contributed by atoms with Gasteiger partial charge in [0.15, 0.2) is 23.2 Å². The van der Waals surface area contributed by atoms with E-state index >= 15 is 0 Å². The number of phenols is 1. The average molecular weight is 248 g/mol. The standard InChI is InChI=1S/C10H7F3O4/c1-2-17-10(16)9(15)6-7(12)4(11)3-5(14)8(6)13/h3,14H,2H2,1H3. The van der Waals surface area contributed by atoms with Gasteiger partial charge in [-0.05, 0) is 6.92 Å². The van der Waals surface area contributed by atoms with Crippen LogP contribution in [0, 0.1) is 17.5 Å². The quantitative estimate of drug-likeness (QED) is 0.381. The van der Waals surface area contributed by atoms with Gasteiger partial charge in [-0.1, -0.05) is 0 Å². The Morgan fingerprint density at radius 3 is 2.41 bits per heavy atom. The molecule has 0 saturated carbocycles. The summed E-state index contributed by atoms with van der Waals surface area (Å²) in [6.07, 6.45) is 0. The molecule has 1 rings (SSSR count). The molecule has 0 spiro atoms. The van der Waals surface area contributed by atoms with Crippen molar-refractivity contribution in [2.45, 2.75) is 6.92 Å². The highest BCUT2D eigenvalue weighted by atomic mass is 19.2. The van der Waals surface area contributed by atoms with Gasteiger partial charge in [-0.25, -0.2) is 18.0 Å². The fourth-order valence-electron chi connectivity index (χ4n) is 1.09. The van der Waals surface area contributed by atoms with E-state index in [9.17, 15) is 22.8 Å². The van der Waals surface area contributed by atoms with Crippen LogP contribution in [0.2, 0.25) is 0 Å². The zero-order valence-corrected chi connectivity index (χ0v) is 8.59. The smallest absolute Gasteiger partial charge is 0.379 e. The van der Waals surface area contributed by atoms with Crippen LogP contribution >= 0.6 is 0 Å². The van der Waals surface area contributed by atoms with Crippen LogP contribution in [0.4, 0.5) is 13.2 Å². The largest absolute Gasteiger partial charge is 0.505 e. The van der Waals surface area contributed by atoms with Crippen molar-refractivity contribution in [2.24, 2.45) is 0 Å². The summed E-state index contributed by atoms with van der Waals surface area (Å²) in [4.78, 5) is 22.2. The van der Waals surface area contributed by atoms with Crippen molar-refractivity contribution >= 4 is 11.8 Å². The molecule has 0 amide bonds. The topological polar surface area (TPSA) is 63.6 Å². The highest BCUT2D eigenvalue weighted by molar-refractivity contribution is 6.40. The maximum absolute atomic E-state index is 13.2. The van der Waals surface area contributed by atoms with Crippen LogP contribution in [-0.2, 0) is 9.53 Å². The predicted octanol–water partition coefficient (Wildman–Crippen LogP) is 1.56. The lowest BCUT2D eigenvalue weighted by Gasteiger charge is -2.05. The van der Waals surface area contributed by atoms with Crippen LogP contribution < -0.4 is 0 Å². The van der Waals surface area contributed by atoms with Gasteiger partial charge in [-0.15, -0.1) is 0 Å². The number of ether oxygens (including phenoxy) is 1. The van der Waals surface area contributed by atoms with Crippen LogP contribution in [0.25, 0.3) is 0 Å². The molecule has 7 heteroatoms. The van der Waals surface area contributed by atoms with Crippen molar-refractivity contribution < 1.29 is 32.6 Å². The van der Waals surface area contributed by atoms with E-state index in [0.717, 1.165) is 0 Å². The summed E-state index contributed by atoms with van der Waals surface area (Å²) < 4.78 is 43.4. The molecule has 0 heterocycles. The van der Waals surface area contributed by atoms with Crippen molar-refractivity contribution in [3.05, 3.63) is 29.1 Å². The van der Waals surface area contributed by atoms with E-state index < -0.39 is 40.5 Å². The van der Waals surface area contributed by atoms with Crippen molar-refractivity contribution in [3.8, 4) is 5.75 Å². The highest BCUT2D eigenvalue weighted by Gasteiger charge is 2.29. The van der Waals surface area contributed by atoms with Crippen molar-refractivity contribution in [2.75, 3.05) is 6.61 Å². The van der Waals surface area contributed by atoms with Gasteiger partial charge in [-0.2, -0.15) is 0 Å². The zero-order valence-electron chi connectivity index (χ0n) is 8.59. The Bertz CT molecular complexity index is 459. The SMILES string of the molecule is CCOC(=O)C(=O)c1c(F)c(O)cc(F)c1F. The fraction of sp³-hybridized carbons (Fsp3) is 0.200. The van der Waals surface area contributed by atoms with E-state index in [1.807, 2.05) is 0 Å². The molecule has 0 radical (unpaired) electrons. The Labute approximate surface area is 93.6 Å². The Balaban J connectivity index is 3.31. The molecule has 0 saturated heterocycles. The minimum Gasteiger partial charge on any atom is -0.505 e. The number of hydrogen-bond donors (Lipinski definition) is 1. The van der Waals surface area contributed by atoms with Crippen molar-refractivity contribution in [1.82, 2.24) is 0 Å². The number of hydrogen-bond acceptors (Lipinski definition) is 4. The summed E-state index contributed by atoms with van der Waals surface area (Å²) in [6, 6.07) is 0.159. The molecule has 0 fully saturated rings. The molecule has 92 valence electrons.